The summed E-state index contributed by atoms with van der Waals surface area (Å²) < 4.78 is 16.9. The van der Waals surface area contributed by atoms with Gasteiger partial charge in [-0.05, 0) is 31.1 Å². The summed E-state index contributed by atoms with van der Waals surface area (Å²) in [7, 11) is 0. The van der Waals surface area contributed by atoms with Crippen LogP contribution in [-0.4, -0.2) is 37.2 Å². The molecule has 0 spiro atoms. The summed E-state index contributed by atoms with van der Waals surface area (Å²) >= 11 is 0. The molecule has 0 rings (SSSR count). The molecule has 0 aliphatic carbocycles. The van der Waals surface area contributed by atoms with Gasteiger partial charge >= 0.3 is 17.9 Å². The van der Waals surface area contributed by atoms with E-state index in [2.05, 4.69) is 34.6 Å². The van der Waals surface area contributed by atoms with E-state index in [1.165, 1.54) is 199 Å². The fourth-order valence-electron chi connectivity index (χ4n) is 8.49. The number of hydrogen-bond donors (Lipinski definition) is 0. The lowest BCUT2D eigenvalue weighted by atomic mass is 9.99. The maximum absolute atomic E-state index is 12.8. The molecule has 1 unspecified atom stereocenters. The second kappa shape index (κ2) is 48.9. The van der Waals surface area contributed by atoms with Crippen molar-refractivity contribution in [2.24, 2.45) is 11.8 Å². The van der Waals surface area contributed by atoms with Crippen LogP contribution in [0.4, 0.5) is 0 Å². The monoisotopic (exact) mass is 877 g/mol. The quantitative estimate of drug-likeness (QED) is 0.0344. The lowest BCUT2D eigenvalue weighted by Gasteiger charge is -2.18. The second-order valence-corrected chi connectivity index (χ2v) is 19.9. The summed E-state index contributed by atoms with van der Waals surface area (Å²) in [5.74, 6) is 0.850. The molecule has 0 saturated heterocycles. The van der Waals surface area contributed by atoms with Crippen LogP contribution in [0, 0.1) is 11.8 Å². The highest BCUT2D eigenvalue weighted by atomic mass is 16.6. The summed E-state index contributed by atoms with van der Waals surface area (Å²) in [5.41, 5.74) is 0. The SMILES string of the molecule is CCCCCCCCCCCCCCCCC(=O)OC[C@H](COC(=O)CCCCCCCCCCCCCCCCCC(C)C)OC(=O)CCCCCCCCCCC(C)CC. The topological polar surface area (TPSA) is 78.9 Å². The van der Waals surface area contributed by atoms with Crippen molar-refractivity contribution in [2.45, 2.75) is 317 Å². The number of hydrogen-bond acceptors (Lipinski definition) is 6. The predicted molar refractivity (Wildman–Crippen MR) is 266 cm³/mol. The first-order chi connectivity index (χ1) is 30.3. The minimum Gasteiger partial charge on any atom is -0.462 e. The van der Waals surface area contributed by atoms with Gasteiger partial charge in [0.15, 0.2) is 6.10 Å². The highest BCUT2D eigenvalue weighted by molar-refractivity contribution is 5.71. The van der Waals surface area contributed by atoms with Gasteiger partial charge in [0.05, 0.1) is 0 Å². The predicted octanol–water partition coefficient (Wildman–Crippen LogP) is 18.1. The Morgan fingerprint density at radius 1 is 0.339 bits per heavy atom. The molecule has 368 valence electrons. The molecular weight excluding hydrogens is 769 g/mol. The van der Waals surface area contributed by atoms with Gasteiger partial charge in [-0.15, -0.1) is 0 Å². The van der Waals surface area contributed by atoms with E-state index in [0.717, 1.165) is 69.6 Å². The largest absolute Gasteiger partial charge is 0.462 e. The van der Waals surface area contributed by atoms with Crippen molar-refractivity contribution in [3.05, 3.63) is 0 Å². The van der Waals surface area contributed by atoms with E-state index in [9.17, 15) is 14.4 Å². The van der Waals surface area contributed by atoms with Gasteiger partial charge in [-0.25, -0.2) is 0 Å². The highest BCUT2D eigenvalue weighted by Gasteiger charge is 2.19. The van der Waals surface area contributed by atoms with Crippen LogP contribution in [0.15, 0.2) is 0 Å². The zero-order chi connectivity index (χ0) is 45.4. The van der Waals surface area contributed by atoms with Crippen molar-refractivity contribution in [2.75, 3.05) is 13.2 Å². The van der Waals surface area contributed by atoms with Crippen molar-refractivity contribution < 1.29 is 28.6 Å². The molecule has 0 N–H and O–H groups in total. The summed E-state index contributed by atoms with van der Waals surface area (Å²) in [6.07, 6.45) is 50.8. The minimum atomic E-state index is -0.762. The van der Waals surface area contributed by atoms with Crippen LogP contribution in [0.3, 0.4) is 0 Å². The molecule has 0 aliphatic rings. The Morgan fingerprint density at radius 3 is 0.919 bits per heavy atom. The molecular formula is C56H108O6. The van der Waals surface area contributed by atoms with E-state index in [1.807, 2.05) is 0 Å². The number of carbonyl (C=O) groups is 3. The molecule has 2 atom stereocenters. The Balaban J connectivity index is 4.28. The van der Waals surface area contributed by atoms with E-state index in [-0.39, 0.29) is 31.1 Å². The summed E-state index contributed by atoms with van der Waals surface area (Å²) in [6, 6.07) is 0. The molecule has 0 saturated carbocycles. The Kier molecular flexibility index (Phi) is 47.6. The van der Waals surface area contributed by atoms with Gasteiger partial charge < -0.3 is 14.2 Å². The lowest BCUT2D eigenvalue weighted by Crippen LogP contribution is -2.30. The van der Waals surface area contributed by atoms with Crippen LogP contribution < -0.4 is 0 Å². The standard InChI is InChI=1S/C56H108O6/c1-6-8-9-10-11-12-13-14-19-22-25-31-36-41-46-54(57)60-49-53(62-56(59)48-43-38-33-28-27-30-35-40-45-52(5)7-2)50-61-55(58)47-42-37-32-26-23-20-17-15-16-18-21-24-29-34-39-44-51(3)4/h51-53H,6-50H2,1-5H3/t52?,53-/m1/s1. The van der Waals surface area contributed by atoms with E-state index < -0.39 is 6.10 Å². The van der Waals surface area contributed by atoms with Crippen molar-refractivity contribution in [3.8, 4) is 0 Å². The number of rotatable bonds is 50. The molecule has 0 heterocycles. The number of unbranched alkanes of at least 4 members (excludes halogenated alkanes) is 34. The average molecular weight is 877 g/mol. The van der Waals surface area contributed by atoms with Crippen LogP contribution in [0.2, 0.25) is 0 Å². The lowest BCUT2D eigenvalue weighted by molar-refractivity contribution is -0.167. The van der Waals surface area contributed by atoms with Crippen LogP contribution in [0.1, 0.15) is 311 Å². The maximum Gasteiger partial charge on any atom is 0.306 e. The van der Waals surface area contributed by atoms with Gasteiger partial charge in [0, 0.05) is 19.3 Å². The normalized spacial score (nSPS) is 12.5. The van der Waals surface area contributed by atoms with Gasteiger partial charge in [0.25, 0.3) is 0 Å². The third-order valence-electron chi connectivity index (χ3n) is 13.1. The average Bonchev–Trinajstić information content (AvgIpc) is 3.26. The van der Waals surface area contributed by atoms with Gasteiger partial charge in [0.1, 0.15) is 13.2 Å². The van der Waals surface area contributed by atoms with Crippen LogP contribution in [0.25, 0.3) is 0 Å². The summed E-state index contributed by atoms with van der Waals surface area (Å²) in [4.78, 5) is 38.0. The zero-order valence-electron chi connectivity index (χ0n) is 42.5. The Morgan fingerprint density at radius 2 is 0.613 bits per heavy atom. The fraction of sp³-hybridized carbons (Fsp3) is 0.946. The van der Waals surface area contributed by atoms with Gasteiger partial charge in [0.2, 0.25) is 0 Å². The van der Waals surface area contributed by atoms with E-state index in [0.29, 0.717) is 19.3 Å². The highest BCUT2D eigenvalue weighted by Crippen LogP contribution is 2.18. The number of ether oxygens (including phenoxy) is 3. The van der Waals surface area contributed by atoms with Crippen LogP contribution >= 0.6 is 0 Å². The Hall–Kier alpha value is -1.59. The molecule has 6 nitrogen and oxygen atoms in total. The number of carbonyl (C=O) groups excluding carboxylic acids is 3. The first-order valence-electron chi connectivity index (χ1n) is 27.8. The Bertz CT molecular complexity index is 949. The maximum atomic E-state index is 12.8. The van der Waals surface area contributed by atoms with Crippen molar-refractivity contribution in [1.29, 1.82) is 0 Å². The molecule has 62 heavy (non-hydrogen) atoms. The van der Waals surface area contributed by atoms with Crippen LogP contribution in [-0.2, 0) is 28.6 Å². The van der Waals surface area contributed by atoms with Crippen molar-refractivity contribution in [3.63, 3.8) is 0 Å². The molecule has 6 heteroatoms. The number of esters is 3. The molecule has 0 aromatic carbocycles. The minimum absolute atomic E-state index is 0.0634. The Labute approximate surface area is 387 Å². The van der Waals surface area contributed by atoms with E-state index >= 15 is 0 Å². The van der Waals surface area contributed by atoms with E-state index in [4.69, 9.17) is 14.2 Å². The molecule has 0 aromatic heterocycles. The van der Waals surface area contributed by atoms with Gasteiger partial charge in [-0.3, -0.25) is 14.4 Å². The molecule has 0 amide bonds. The molecule has 0 radical (unpaired) electrons. The molecule has 0 bridgehead atoms. The van der Waals surface area contributed by atoms with Gasteiger partial charge in [-0.2, -0.15) is 0 Å². The third-order valence-corrected chi connectivity index (χ3v) is 13.1. The molecule has 0 aliphatic heterocycles. The molecule has 0 fully saturated rings. The summed E-state index contributed by atoms with van der Waals surface area (Å²) in [5, 5.41) is 0. The first-order valence-corrected chi connectivity index (χ1v) is 27.8. The molecule has 0 aromatic rings. The second-order valence-electron chi connectivity index (χ2n) is 19.9. The van der Waals surface area contributed by atoms with Crippen molar-refractivity contribution >= 4 is 17.9 Å². The zero-order valence-corrected chi connectivity index (χ0v) is 42.5. The van der Waals surface area contributed by atoms with Crippen molar-refractivity contribution in [1.82, 2.24) is 0 Å². The fourth-order valence-corrected chi connectivity index (χ4v) is 8.49. The summed E-state index contributed by atoms with van der Waals surface area (Å²) in [6.45, 7) is 11.4. The first kappa shape index (κ1) is 60.4. The smallest absolute Gasteiger partial charge is 0.306 e. The van der Waals surface area contributed by atoms with E-state index in [1.54, 1.807) is 0 Å². The third kappa shape index (κ3) is 47.9. The van der Waals surface area contributed by atoms with Gasteiger partial charge in [-0.1, -0.05) is 272 Å². The van der Waals surface area contributed by atoms with Crippen LogP contribution in [0.5, 0.6) is 0 Å².